The molecule has 0 aliphatic heterocycles. The molecule has 0 bridgehead atoms. The second kappa shape index (κ2) is 7.74. The first-order valence-corrected chi connectivity index (χ1v) is 9.96. The van der Waals surface area contributed by atoms with Crippen molar-refractivity contribution in [2.75, 3.05) is 7.05 Å². The van der Waals surface area contributed by atoms with Crippen molar-refractivity contribution in [3.63, 3.8) is 0 Å². The molecule has 3 aromatic rings. The molecule has 5 heteroatoms. The summed E-state index contributed by atoms with van der Waals surface area (Å²) in [6.45, 7) is 4.36. The minimum Gasteiger partial charge on any atom is -0.489 e. The predicted octanol–water partition coefficient (Wildman–Crippen LogP) is 4.55. The van der Waals surface area contributed by atoms with E-state index in [4.69, 9.17) is 9.15 Å². The SMILES string of the molecule is Cc1cc(=O)oc2cc(OCc3ccc(C(=O)N(C)C(C)C4CC4)cc3)ccc12. The number of carbonyl (C=O) groups is 1. The zero-order valence-corrected chi connectivity index (χ0v) is 17.0. The fourth-order valence-corrected chi connectivity index (χ4v) is 3.59. The summed E-state index contributed by atoms with van der Waals surface area (Å²) in [6, 6.07) is 14.8. The molecule has 2 aromatic carbocycles. The summed E-state index contributed by atoms with van der Waals surface area (Å²) in [5, 5.41) is 0.893. The van der Waals surface area contributed by atoms with E-state index in [0.717, 1.165) is 16.5 Å². The summed E-state index contributed by atoms with van der Waals surface area (Å²) in [7, 11) is 1.88. The minimum absolute atomic E-state index is 0.0526. The first-order chi connectivity index (χ1) is 13.9. The van der Waals surface area contributed by atoms with E-state index in [0.29, 0.717) is 29.4 Å². The Balaban J connectivity index is 1.42. The molecule has 0 N–H and O–H groups in total. The number of amides is 1. The Morgan fingerprint density at radius 3 is 2.59 bits per heavy atom. The number of hydrogen-bond donors (Lipinski definition) is 0. The lowest BCUT2D eigenvalue weighted by Gasteiger charge is -2.25. The number of benzene rings is 2. The lowest BCUT2D eigenvalue weighted by atomic mass is 10.1. The highest BCUT2D eigenvalue weighted by Crippen LogP contribution is 2.35. The van der Waals surface area contributed by atoms with E-state index in [1.807, 2.05) is 55.3 Å². The summed E-state index contributed by atoms with van der Waals surface area (Å²) in [6.07, 6.45) is 2.43. The Labute approximate surface area is 169 Å². The number of hydrogen-bond acceptors (Lipinski definition) is 4. The van der Waals surface area contributed by atoms with Gasteiger partial charge in [-0.3, -0.25) is 4.79 Å². The van der Waals surface area contributed by atoms with Crippen LogP contribution in [0.15, 0.2) is 57.7 Å². The van der Waals surface area contributed by atoms with Gasteiger partial charge in [-0.1, -0.05) is 12.1 Å². The first kappa shape index (κ1) is 19.2. The van der Waals surface area contributed by atoms with Crippen LogP contribution in [-0.4, -0.2) is 23.9 Å². The van der Waals surface area contributed by atoms with Gasteiger partial charge in [0.1, 0.15) is 17.9 Å². The van der Waals surface area contributed by atoms with Crippen LogP contribution in [-0.2, 0) is 6.61 Å². The monoisotopic (exact) mass is 391 g/mol. The fraction of sp³-hybridized carbons (Fsp3) is 0.333. The van der Waals surface area contributed by atoms with E-state index in [9.17, 15) is 9.59 Å². The number of carbonyl (C=O) groups excluding carboxylic acids is 1. The Morgan fingerprint density at radius 2 is 1.90 bits per heavy atom. The highest BCUT2D eigenvalue weighted by atomic mass is 16.5. The Kier molecular flexibility index (Phi) is 5.14. The van der Waals surface area contributed by atoms with Gasteiger partial charge in [0.15, 0.2) is 0 Å². The van der Waals surface area contributed by atoms with Gasteiger partial charge >= 0.3 is 5.63 Å². The molecule has 1 fully saturated rings. The number of fused-ring (bicyclic) bond motifs is 1. The van der Waals surface area contributed by atoms with Crippen LogP contribution >= 0.6 is 0 Å². The van der Waals surface area contributed by atoms with Gasteiger partial charge in [-0.2, -0.15) is 0 Å². The molecule has 0 radical (unpaired) electrons. The third kappa shape index (κ3) is 4.19. The molecule has 5 nitrogen and oxygen atoms in total. The van der Waals surface area contributed by atoms with Crippen LogP contribution in [0.3, 0.4) is 0 Å². The number of rotatable bonds is 6. The van der Waals surface area contributed by atoms with Crippen molar-refractivity contribution < 1.29 is 13.9 Å². The molecule has 1 aromatic heterocycles. The third-order valence-electron chi connectivity index (χ3n) is 5.76. The quantitative estimate of drug-likeness (QED) is 0.579. The fourth-order valence-electron chi connectivity index (χ4n) is 3.59. The highest BCUT2D eigenvalue weighted by molar-refractivity contribution is 5.94. The zero-order chi connectivity index (χ0) is 20.5. The molecular formula is C24H25NO4. The molecule has 1 aliphatic carbocycles. The lowest BCUT2D eigenvalue weighted by molar-refractivity contribution is 0.0727. The van der Waals surface area contributed by atoms with Crippen molar-refractivity contribution in [3.8, 4) is 5.75 Å². The van der Waals surface area contributed by atoms with E-state index >= 15 is 0 Å². The standard InChI is InChI=1S/C24H25NO4/c1-15-12-23(26)29-22-13-20(10-11-21(15)22)28-14-17-4-6-19(7-5-17)24(27)25(3)16(2)18-8-9-18/h4-7,10-13,16,18H,8-9,14H2,1-3H3. The molecule has 1 atom stereocenters. The van der Waals surface area contributed by atoms with E-state index in [1.54, 1.807) is 6.07 Å². The van der Waals surface area contributed by atoms with Crippen molar-refractivity contribution in [3.05, 3.63) is 75.6 Å². The van der Waals surface area contributed by atoms with Crippen LogP contribution in [0.5, 0.6) is 5.75 Å². The summed E-state index contributed by atoms with van der Waals surface area (Å²) in [4.78, 5) is 26.1. The maximum absolute atomic E-state index is 12.6. The summed E-state index contributed by atoms with van der Waals surface area (Å²) in [5.41, 5.74) is 2.68. The average Bonchev–Trinajstić information content (AvgIpc) is 3.56. The molecular weight excluding hydrogens is 366 g/mol. The Morgan fingerprint density at radius 1 is 1.17 bits per heavy atom. The first-order valence-electron chi connectivity index (χ1n) is 9.96. The molecule has 1 heterocycles. The molecule has 4 rings (SSSR count). The number of ether oxygens (including phenoxy) is 1. The minimum atomic E-state index is -0.367. The topological polar surface area (TPSA) is 59.8 Å². The van der Waals surface area contributed by atoms with Crippen molar-refractivity contribution in [2.24, 2.45) is 5.92 Å². The van der Waals surface area contributed by atoms with E-state index in [-0.39, 0.29) is 17.6 Å². The largest absolute Gasteiger partial charge is 0.489 e. The second-order valence-electron chi connectivity index (χ2n) is 7.89. The van der Waals surface area contributed by atoms with Crippen molar-refractivity contribution in [1.29, 1.82) is 0 Å². The van der Waals surface area contributed by atoms with Crippen LogP contribution in [0.2, 0.25) is 0 Å². The summed E-state index contributed by atoms with van der Waals surface area (Å²) < 4.78 is 11.1. The summed E-state index contributed by atoms with van der Waals surface area (Å²) in [5.74, 6) is 1.33. The molecule has 1 saturated carbocycles. The van der Waals surface area contributed by atoms with E-state index < -0.39 is 0 Å². The second-order valence-corrected chi connectivity index (χ2v) is 7.89. The van der Waals surface area contributed by atoms with Gasteiger partial charge in [0.05, 0.1) is 0 Å². The highest BCUT2D eigenvalue weighted by Gasteiger charge is 2.32. The maximum Gasteiger partial charge on any atom is 0.336 e. The normalized spacial score (nSPS) is 14.6. The third-order valence-corrected chi connectivity index (χ3v) is 5.76. The molecule has 1 aliphatic rings. The molecule has 1 unspecified atom stereocenters. The van der Waals surface area contributed by atoms with Crippen LogP contribution in [0.4, 0.5) is 0 Å². The molecule has 150 valence electrons. The number of nitrogens with zero attached hydrogens (tertiary/aromatic N) is 1. The van der Waals surface area contributed by atoms with Gasteiger partial charge in [0.2, 0.25) is 0 Å². The molecule has 1 amide bonds. The Hall–Kier alpha value is -3.08. The smallest absolute Gasteiger partial charge is 0.336 e. The van der Waals surface area contributed by atoms with Crippen LogP contribution in [0, 0.1) is 12.8 Å². The lowest BCUT2D eigenvalue weighted by Crippen LogP contribution is -2.36. The molecule has 0 saturated heterocycles. The van der Waals surface area contributed by atoms with Crippen LogP contribution in [0.25, 0.3) is 11.0 Å². The van der Waals surface area contributed by atoms with Gasteiger partial charge in [0.25, 0.3) is 5.91 Å². The zero-order valence-electron chi connectivity index (χ0n) is 17.0. The van der Waals surface area contributed by atoms with Gasteiger partial charge in [-0.15, -0.1) is 0 Å². The van der Waals surface area contributed by atoms with Crippen molar-refractivity contribution in [1.82, 2.24) is 4.90 Å². The van der Waals surface area contributed by atoms with Gasteiger partial charge in [0, 0.05) is 36.2 Å². The van der Waals surface area contributed by atoms with Crippen LogP contribution < -0.4 is 10.4 Å². The average molecular weight is 391 g/mol. The van der Waals surface area contributed by atoms with Crippen LogP contribution in [0.1, 0.15) is 41.3 Å². The van der Waals surface area contributed by atoms with Crippen molar-refractivity contribution in [2.45, 2.75) is 39.3 Å². The van der Waals surface area contributed by atoms with Gasteiger partial charge in [-0.05, 0) is 68.0 Å². The predicted molar refractivity (Wildman–Crippen MR) is 112 cm³/mol. The van der Waals surface area contributed by atoms with Gasteiger partial charge in [-0.25, -0.2) is 4.79 Å². The van der Waals surface area contributed by atoms with E-state index in [1.165, 1.54) is 18.9 Å². The number of aryl methyl sites for hydroxylation is 1. The van der Waals surface area contributed by atoms with Gasteiger partial charge < -0.3 is 14.1 Å². The van der Waals surface area contributed by atoms with Crippen molar-refractivity contribution >= 4 is 16.9 Å². The summed E-state index contributed by atoms with van der Waals surface area (Å²) >= 11 is 0. The molecule has 29 heavy (non-hydrogen) atoms. The molecule has 0 spiro atoms. The maximum atomic E-state index is 12.6. The van der Waals surface area contributed by atoms with E-state index in [2.05, 4.69) is 6.92 Å². The Bertz CT molecular complexity index is 1100.